The van der Waals surface area contributed by atoms with Gasteiger partial charge in [-0.05, 0) is 61.0 Å². The van der Waals surface area contributed by atoms with Crippen LogP contribution >= 0.6 is 23.8 Å². The fourth-order valence-electron chi connectivity index (χ4n) is 3.76. The summed E-state index contributed by atoms with van der Waals surface area (Å²) >= 11 is 11.6. The molecule has 0 amide bonds. The Hall–Kier alpha value is -1.99. The number of hydrogen-bond acceptors (Lipinski definition) is 4. The highest BCUT2D eigenvalue weighted by atomic mass is 35.5. The molecule has 2 heterocycles. The van der Waals surface area contributed by atoms with Gasteiger partial charge in [0.25, 0.3) is 0 Å². The van der Waals surface area contributed by atoms with Crippen LogP contribution in [0, 0.1) is 17.7 Å². The van der Waals surface area contributed by atoms with Crippen molar-refractivity contribution in [3.63, 3.8) is 0 Å². The van der Waals surface area contributed by atoms with Crippen LogP contribution in [0.15, 0.2) is 30.3 Å². The van der Waals surface area contributed by atoms with Gasteiger partial charge in [-0.25, -0.2) is 9.37 Å². The van der Waals surface area contributed by atoms with E-state index in [-0.39, 0.29) is 5.82 Å². The largest absolute Gasteiger partial charge is 0.362 e. The van der Waals surface area contributed by atoms with Gasteiger partial charge >= 0.3 is 0 Å². The molecule has 1 saturated heterocycles. The van der Waals surface area contributed by atoms with E-state index in [0.29, 0.717) is 34.6 Å². The highest BCUT2D eigenvalue weighted by Crippen LogP contribution is 2.27. The lowest BCUT2D eigenvalue weighted by Crippen LogP contribution is -2.39. The minimum absolute atomic E-state index is 0.216. The molecule has 0 radical (unpaired) electrons. The summed E-state index contributed by atoms with van der Waals surface area (Å²) in [6.45, 7) is 7.13. The molecule has 3 rings (SSSR count). The molecule has 5 nitrogen and oxygen atoms in total. The highest BCUT2D eigenvalue weighted by Gasteiger charge is 2.23. The van der Waals surface area contributed by atoms with Crippen molar-refractivity contribution in [2.24, 2.45) is 11.8 Å². The maximum Gasteiger partial charge on any atom is 0.232 e. The van der Waals surface area contributed by atoms with Gasteiger partial charge in [-0.2, -0.15) is 4.98 Å². The van der Waals surface area contributed by atoms with Gasteiger partial charge in [-0.3, -0.25) is 0 Å². The Morgan fingerprint density at radius 3 is 2.59 bits per heavy atom. The molecule has 0 bridgehead atoms. The fourth-order valence-corrected chi connectivity index (χ4v) is 4.14. The average Bonchev–Trinajstić information content (AvgIpc) is 2.65. The maximum absolute atomic E-state index is 12.9. The predicted octanol–water partition coefficient (Wildman–Crippen LogP) is 4.67. The first kappa shape index (κ1) is 21.7. The third-order valence-corrected chi connectivity index (χ3v) is 5.38. The van der Waals surface area contributed by atoms with Crippen LogP contribution in [0.5, 0.6) is 0 Å². The molecule has 1 fully saturated rings. The van der Waals surface area contributed by atoms with Crippen LogP contribution in [0.3, 0.4) is 0 Å². The lowest BCUT2D eigenvalue weighted by Gasteiger charge is -2.35. The Balaban J connectivity index is 1.50. The van der Waals surface area contributed by atoms with Gasteiger partial charge in [0.2, 0.25) is 5.95 Å². The van der Waals surface area contributed by atoms with Crippen LogP contribution in [0.4, 0.5) is 16.2 Å². The standard InChI is InChI=1S/C21H27ClFN5S/c1-14-10-15(2)13-28(12-14)19-11-18(22)25-20(26-19)27-21(29)24-9-3-4-16-5-7-17(23)8-6-16/h5-8,11,14-15H,3-4,9-10,12-13H2,1-2H3,(H2,24,25,26,27,29)/t14-,15+. The summed E-state index contributed by atoms with van der Waals surface area (Å²) in [6, 6.07) is 8.36. The van der Waals surface area contributed by atoms with Gasteiger partial charge in [0.05, 0.1) is 0 Å². The molecule has 1 aromatic carbocycles. The summed E-state index contributed by atoms with van der Waals surface area (Å²) in [5.41, 5.74) is 1.10. The van der Waals surface area contributed by atoms with E-state index in [1.807, 2.05) is 0 Å². The average molecular weight is 436 g/mol. The van der Waals surface area contributed by atoms with E-state index < -0.39 is 0 Å². The zero-order valence-corrected chi connectivity index (χ0v) is 18.4. The van der Waals surface area contributed by atoms with Gasteiger partial charge in [-0.1, -0.05) is 37.6 Å². The van der Waals surface area contributed by atoms with E-state index in [4.69, 9.17) is 23.8 Å². The molecule has 2 atom stereocenters. The molecule has 0 unspecified atom stereocenters. The van der Waals surface area contributed by atoms with E-state index >= 15 is 0 Å². The Morgan fingerprint density at radius 1 is 1.21 bits per heavy atom. The first-order valence-corrected chi connectivity index (χ1v) is 10.8. The Labute approximate surface area is 182 Å². The molecule has 1 aromatic heterocycles. The Bertz CT molecular complexity index is 822. The normalized spacial score (nSPS) is 19.1. The van der Waals surface area contributed by atoms with Crippen LogP contribution in [0.1, 0.15) is 32.3 Å². The van der Waals surface area contributed by atoms with Crippen molar-refractivity contribution in [2.75, 3.05) is 29.9 Å². The van der Waals surface area contributed by atoms with E-state index in [1.54, 1.807) is 18.2 Å². The fraction of sp³-hybridized carbons (Fsp3) is 0.476. The molecule has 1 aliphatic heterocycles. The van der Waals surface area contributed by atoms with Gasteiger partial charge in [-0.15, -0.1) is 0 Å². The third kappa shape index (κ3) is 6.78. The van der Waals surface area contributed by atoms with Crippen molar-refractivity contribution in [1.82, 2.24) is 15.3 Å². The maximum atomic E-state index is 12.9. The Morgan fingerprint density at radius 2 is 1.90 bits per heavy atom. The number of benzene rings is 1. The molecule has 0 spiro atoms. The SMILES string of the molecule is C[C@@H]1C[C@H](C)CN(c2cc(Cl)nc(NC(=S)NCCCc3ccc(F)cc3)n2)C1. The second kappa shape index (κ2) is 10.2. The van der Waals surface area contributed by atoms with E-state index in [9.17, 15) is 4.39 Å². The summed E-state index contributed by atoms with van der Waals surface area (Å²) in [6.07, 6.45) is 2.95. The van der Waals surface area contributed by atoms with Crippen LogP contribution in [-0.4, -0.2) is 34.7 Å². The molecule has 2 aromatic rings. The van der Waals surface area contributed by atoms with Gasteiger partial charge < -0.3 is 15.5 Å². The lowest BCUT2D eigenvalue weighted by molar-refractivity contribution is 0.355. The number of rotatable bonds is 6. The van der Waals surface area contributed by atoms with Crippen molar-refractivity contribution < 1.29 is 4.39 Å². The smallest absolute Gasteiger partial charge is 0.232 e. The first-order valence-electron chi connectivity index (χ1n) is 9.98. The number of thiocarbonyl (C=S) groups is 1. The van der Waals surface area contributed by atoms with Crippen molar-refractivity contribution >= 4 is 40.7 Å². The summed E-state index contributed by atoms with van der Waals surface area (Å²) in [7, 11) is 0. The summed E-state index contributed by atoms with van der Waals surface area (Å²) < 4.78 is 12.9. The number of nitrogens with zero attached hydrogens (tertiary/aromatic N) is 3. The monoisotopic (exact) mass is 435 g/mol. The van der Waals surface area contributed by atoms with Crippen molar-refractivity contribution in [3.8, 4) is 0 Å². The van der Waals surface area contributed by atoms with Crippen LogP contribution in [0.2, 0.25) is 5.15 Å². The third-order valence-electron chi connectivity index (χ3n) is 4.94. The number of nitrogens with one attached hydrogen (secondary N) is 2. The second-order valence-electron chi connectivity index (χ2n) is 7.83. The summed E-state index contributed by atoms with van der Waals surface area (Å²) in [5, 5.41) is 7.03. The quantitative estimate of drug-likeness (QED) is 0.390. The minimum Gasteiger partial charge on any atom is -0.362 e. The molecule has 0 saturated carbocycles. The van der Waals surface area contributed by atoms with Crippen LogP contribution in [-0.2, 0) is 6.42 Å². The Kier molecular flexibility index (Phi) is 7.61. The van der Waals surface area contributed by atoms with Crippen molar-refractivity contribution in [1.29, 1.82) is 0 Å². The molecule has 2 N–H and O–H groups in total. The topological polar surface area (TPSA) is 53.1 Å². The van der Waals surface area contributed by atoms with Gasteiger partial charge in [0.15, 0.2) is 5.11 Å². The molecular formula is C21H27ClFN5S. The van der Waals surface area contributed by atoms with Crippen molar-refractivity contribution in [2.45, 2.75) is 33.1 Å². The van der Waals surface area contributed by atoms with Gasteiger partial charge in [0.1, 0.15) is 16.8 Å². The zero-order chi connectivity index (χ0) is 20.8. The zero-order valence-electron chi connectivity index (χ0n) is 16.8. The van der Waals surface area contributed by atoms with Crippen molar-refractivity contribution in [3.05, 3.63) is 46.9 Å². The number of piperidine rings is 1. The number of halogens is 2. The molecule has 29 heavy (non-hydrogen) atoms. The molecule has 156 valence electrons. The number of aromatic nitrogens is 2. The second-order valence-corrected chi connectivity index (χ2v) is 8.63. The van der Waals surface area contributed by atoms with Crippen LogP contribution in [0.25, 0.3) is 0 Å². The predicted molar refractivity (Wildman–Crippen MR) is 121 cm³/mol. The van der Waals surface area contributed by atoms with Crippen LogP contribution < -0.4 is 15.5 Å². The molecular weight excluding hydrogens is 409 g/mol. The molecule has 1 aliphatic rings. The molecule has 0 aliphatic carbocycles. The lowest BCUT2D eigenvalue weighted by atomic mass is 9.92. The van der Waals surface area contributed by atoms with E-state index in [1.165, 1.54) is 18.6 Å². The minimum atomic E-state index is -0.216. The summed E-state index contributed by atoms with van der Waals surface area (Å²) in [4.78, 5) is 11.1. The van der Waals surface area contributed by atoms with E-state index in [2.05, 4.69) is 39.3 Å². The van der Waals surface area contributed by atoms with E-state index in [0.717, 1.165) is 37.3 Å². The highest BCUT2D eigenvalue weighted by molar-refractivity contribution is 7.80. The number of aryl methyl sites for hydroxylation is 1. The summed E-state index contributed by atoms with van der Waals surface area (Å²) in [5.74, 6) is 2.24. The number of anilines is 2. The van der Waals surface area contributed by atoms with Gasteiger partial charge in [0, 0.05) is 25.7 Å². The number of hydrogen-bond donors (Lipinski definition) is 2. The first-order chi connectivity index (χ1) is 13.9. The molecule has 8 heteroatoms.